The SMILES string of the molecule is Cc1ccc(F)c(C(C)C(=O)OC(C)(C)C)c1. The van der Waals surface area contributed by atoms with Crippen molar-refractivity contribution in [3.8, 4) is 0 Å². The fourth-order valence-electron chi connectivity index (χ4n) is 1.51. The summed E-state index contributed by atoms with van der Waals surface area (Å²) in [4.78, 5) is 11.8. The van der Waals surface area contributed by atoms with E-state index in [1.54, 1.807) is 39.8 Å². The Morgan fingerprint density at radius 3 is 2.47 bits per heavy atom. The van der Waals surface area contributed by atoms with E-state index in [0.717, 1.165) is 5.56 Å². The highest BCUT2D eigenvalue weighted by Gasteiger charge is 2.24. The molecule has 0 radical (unpaired) electrons. The molecule has 94 valence electrons. The van der Waals surface area contributed by atoms with E-state index in [1.807, 2.05) is 6.92 Å². The molecule has 2 nitrogen and oxygen atoms in total. The first-order chi connectivity index (χ1) is 7.70. The van der Waals surface area contributed by atoms with Crippen molar-refractivity contribution in [2.45, 2.75) is 46.1 Å². The van der Waals surface area contributed by atoms with Crippen LogP contribution in [0, 0.1) is 12.7 Å². The van der Waals surface area contributed by atoms with Gasteiger partial charge in [0.05, 0.1) is 5.92 Å². The van der Waals surface area contributed by atoms with Crippen LogP contribution in [0.25, 0.3) is 0 Å². The van der Waals surface area contributed by atoms with E-state index in [9.17, 15) is 9.18 Å². The van der Waals surface area contributed by atoms with Gasteiger partial charge in [0.2, 0.25) is 0 Å². The number of benzene rings is 1. The maximum Gasteiger partial charge on any atom is 0.313 e. The lowest BCUT2D eigenvalue weighted by atomic mass is 9.98. The standard InChI is InChI=1S/C14H19FO2/c1-9-6-7-12(15)11(8-9)10(2)13(16)17-14(3,4)5/h6-8,10H,1-5H3. The molecule has 0 heterocycles. The van der Waals surface area contributed by atoms with Crippen LogP contribution in [0.1, 0.15) is 44.7 Å². The minimum absolute atomic E-state index is 0.367. The molecule has 0 amide bonds. The Morgan fingerprint density at radius 1 is 1.35 bits per heavy atom. The number of rotatable bonds is 2. The van der Waals surface area contributed by atoms with Gasteiger partial charge in [0.1, 0.15) is 11.4 Å². The van der Waals surface area contributed by atoms with Crippen LogP contribution in [0.4, 0.5) is 4.39 Å². The number of hydrogen-bond donors (Lipinski definition) is 0. The molecular weight excluding hydrogens is 219 g/mol. The van der Waals surface area contributed by atoms with Gasteiger partial charge in [-0.2, -0.15) is 0 Å². The number of halogens is 1. The molecule has 1 rings (SSSR count). The van der Waals surface area contributed by atoms with Crippen molar-refractivity contribution in [1.29, 1.82) is 0 Å². The quantitative estimate of drug-likeness (QED) is 0.736. The summed E-state index contributed by atoms with van der Waals surface area (Å²) in [5.74, 6) is -1.36. The maximum atomic E-state index is 13.6. The van der Waals surface area contributed by atoms with Crippen LogP contribution >= 0.6 is 0 Å². The third-order valence-electron chi connectivity index (χ3n) is 2.38. The molecule has 3 heteroatoms. The van der Waals surface area contributed by atoms with E-state index in [0.29, 0.717) is 5.56 Å². The van der Waals surface area contributed by atoms with Gasteiger partial charge in [0.25, 0.3) is 0 Å². The molecule has 0 saturated heterocycles. The summed E-state index contributed by atoms with van der Waals surface area (Å²) < 4.78 is 18.8. The van der Waals surface area contributed by atoms with Gasteiger partial charge >= 0.3 is 5.97 Å². The van der Waals surface area contributed by atoms with Gasteiger partial charge in [-0.05, 0) is 40.7 Å². The van der Waals surface area contributed by atoms with Crippen molar-refractivity contribution >= 4 is 5.97 Å². The zero-order chi connectivity index (χ0) is 13.2. The van der Waals surface area contributed by atoms with E-state index in [2.05, 4.69) is 0 Å². The first kappa shape index (κ1) is 13.7. The molecule has 0 aromatic heterocycles. The van der Waals surface area contributed by atoms with Crippen molar-refractivity contribution in [2.75, 3.05) is 0 Å². The molecule has 1 atom stereocenters. The largest absolute Gasteiger partial charge is 0.460 e. The Bertz CT molecular complexity index is 419. The van der Waals surface area contributed by atoms with E-state index in [4.69, 9.17) is 4.74 Å². The normalized spacial score (nSPS) is 13.3. The molecule has 0 aliphatic carbocycles. The summed E-state index contributed by atoms with van der Waals surface area (Å²) in [6.45, 7) is 8.91. The summed E-state index contributed by atoms with van der Waals surface area (Å²) in [6.07, 6.45) is 0. The summed E-state index contributed by atoms with van der Waals surface area (Å²) in [6, 6.07) is 4.75. The van der Waals surface area contributed by atoms with E-state index >= 15 is 0 Å². The van der Waals surface area contributed by atoms with E-state index in [-0.39, 0.29) is 5.82 Å². The van der Waals surface area contributed by atoms with Gasteiger partial charge in [0.15, 0.2) is 0 Å². The van der Waals surface area contributed by atoms with Crippen molar-refractivity contribution < 1.29 is 13.9 Å². The van der Waals surface area contributed by atoms with E-state index < -0.39 is 17.5 Å². The number of hydrogen-bond acceptors (Lipinski definition) is 2. The van der Waals surface area contributed by atoms with Crippen LogP contribution in [-0.2, 0) is 9.53 Å². The molecule has 0 saturated carbocycles. The summed E-state index contributed by atoms with van der Waals surface area (Å²) in [7, 11) is 0. The third kappa shape index (κ3) is 3.84. The predicted molar refractivity (Wildman–Crippen MR) is 65.4 cm³/mol. The Morgan fingerprint density at radius 2 is 1.94 bits per heavy atom. The second-order valence-corrected chi connectivity index (χ2v) is 5.28. The minimum Gasteiger partial charge on any atom is -0.460 e. The topological polar surface area (TPSA) is 26.3 Å². The maximum absolute atomic E-state index is 13.6. The van der Waals surface area contributed by atoms with Gasteiger partial charge in [0, 0.05) is 5.56 Å². The summed E-state index contributed by atoms with van der Waals surface area (Å²) in [5, 5.41) is 0. The lowest BCUT2D eigenvalue weighted by Crippen LogP contribution is -2.27. The highest BCUT2D eigenvalue weighted by molar-refractivity contribution is 5.78. The number of carbonyl (C=O) groups is 1. The lowest BCUT2D eigenvalue weighted by Gasteiger charge is -2.22. The third-order valence-corrected chi connectivity index (χ3v) is 2.38. The van der Waals surface area contributed by atoms with Crippen LogP contribution in [-0.4, -0.2) is 11.6 Å². The van der Waals surface area contributed by atoms with Gasteiger partial charge in [-0.15, -0.1) is 0 Å². The highest BCUT2D eigenvalue weighted by Crippen LogP contribution is 2.23. The van der Waals surface area contributed by atoms with Crippen molar-refractivity contribution in [3.05, 3.63) is 35.1 Å². The van der Waals surface area contributed by atoms with Crippen LogP contribution in [0.2, 0.25) is 0 Å². The number of ether oxygens (including phenoxy) is 1. The van der Waals surface area contributed by atoms with E-state index in [1.165, 1.54) is 6.07 Å². The predicted octanol–water partition coefficient (Wildman–Crippen LogP) is 3.58. The average Bonchev–Trinajstić information content (AvgIpc) is 2.18. The van der Waals surface area contributed by atoms with Crippen LogP contribution in [0.5, 0.6) is 0 Å². The Hall–Kier alpha value is -1.38. The van der Waals surface area contributed by atoms with Gasteiger partial charge in [-0.25, -0.2) is 4.39 Å². The first-order valence-corrected chi connectivity index (χ1v) is 5.69. The number of carbonyl (C=O) groups excluding carboxylic acids is 1. The molecule has 0 aliphatic rings. The number of aryl methyl sites for hydroxylation is 1. The second kappa shape index (κ2) is 4.86. The minimum atomic E-state index is -0.589. The molecule has 1 aromatic carbocycles. The first-order valence-electron chi connectivity index (χ1n) is 5.69. The summed E-state index contributed by atoms with van der Waals surface area (Å²) in [5.41, 5.74) is 0.766. The molecule has 0 N–H and O–H groups in total. The summed E-state index contributed by atoms with van der Waals surface area (Å²) >= 11 is 0. The van der Waals surface area contributed by atoms with Crippen LogP contribution < -0.4 is 0 Å². The Balaban J connectivity index is 2.92. The average molecular weight is 238 g/mol. The molecule has 0 bridgehead atoms. The van der Waals surface area contributed by atoms with Crippen LogP contribution in [0.15, 0.2) is 18.2 Å². The second-order valence-electron chi connectivity index (χ2n) is 5.28. The number of esters is 1. The highest BCUT2D eigenvalue weighted by atomic mass is 19.1. The smallest absolute Gasteiger partial charge is 0.313 e. The lowest BCUT2D eigenvalue weighted by molar-refractivity contribution is -0.156. The van der Waals surface area contributed by atoms with Gasteiger partial charge in [-0.3, -0.25) is 4.79 Å². The van der Waals surface area contributed by atoms with Crippen molar-refractivity contribution in [1.82, 2.24) is 0 Å². The monoisotopic (exact) mass is 238 g/mol. The molecule has 0 aliphatic heterocycles. The van der Waals surface area contributed by atoms with Gasteiger partial charge < -0.3 is 4.74 Å². The molecule has 0 spiro atoms. The zero-order valence-electron chi connectivity index (χ0n) is 11.0. The molecule has 0 fully saturated rings. The van der Waals surface area contributed by atoms with Crippen molar-refractivity contribution in [2.24, 2.45) is 0 Å². The fourth-order valence-corrected chi connectivity index (χ4v) is 1.51. The molecule has 1 aromatic rings. The molecular formula is C14H19FO2. The molecule has 1 unspecified atom stereocenters. The molecule has 17 heavy (non-hydrogen) atoms. The zero-order valence-corrected chi connectivity index (χ0v) is 11.0. The van der Waals surface area contributed by atoms with Crippen molar-refractivity contribution in [3.63, 3.8) is 0 Å². The Labute approximate surface area is 102 Å². The van der Waals surface area contributed by atoms with Crippen LogP contribution in [0.3, 0.4) is 0 Å². The Kier molecular flexibility index (Phi) is 3.91. The van der Waals surface area contributed by atoms with Gasteiger partial charge in [-0.1, -0.05) is 17.7 Å². The fraction of sp³-hybridized carbons (Fsp3) is 0.500.